The zero-order valence-electron chi connectivity index (χ0n) is 13.4. The van der Waals surface area contributed by atoms with E-state index in [2.05, 4.69) is 5.92 Å². The first kappa shape index (κ1) is 17.8. The SMILES string of the molecule is C#CCOC(=O)[C@@H](C)Oc1ccc(Oc2cc(C#N)ccc2F)cc1. The Bertz CT molecular complexity index is 834. The average Bonchev–Trinajstić information content (AvgIpc) is 2.63. The number of nitriles is 1. The number of rotatable bonds is 6. The van der Waals surface area contributed by atoms with E-state index in [4.69, 9.17) is 25.9 Å². The third kappa shape index (κ3) is 4.98. The molecule has 0 unspecified atom stereocenters. The Hall–Kier alpha value is -3.51. The molecule has 0 amide bonds. The van der Waals surface area contributed by atoms with Gasteiger partial charge in [0.05, 0.1) is 11.6 Å². The van der Waals surface area contributed by atoms with Gasteiger partial charge in [-0.1, -0.05) is 5.92 Å². The highest BCUT2D eigenvalue weighted by molar-refractivity contribution is 5.74. The van der Waals surface area contributed by atoms with E-state index in [-0.39, 0.29) is 17.9 Å². The average molecular weight is 339 g/mol. The molecule has 2 aromatic rings. The Labute approximate surface area is 144 Å². The highest BCUT2D eigenvalue weighted by Crippen LogP contribution is 2.27. The molecule has 0 spiro atoms. The molecule has 2 aromatic carbocycles. The smallest absolute Gasteiger partial charge is 0.347 e. The molecule has 25 heavy (non-hydrogen) atoms. The lowest BCUT2D eigenvalue weighted by Crippen LogP contribution is -2.26. The maximum Gasteiger partial charge on any atom is 0.347 e. The van der Waals surface area contributed by atoms with Gasteiger partial charge in [0.1, 0.15) is 11.5 Å². The van der Waals surface area contributed by atoms with Gasteiger partial charge < -0.3 is 14.2 Å². The third-order valence-electron chi connectivity index (χ3n) is 3.05. The van der Waals surface area contributed by atoms with Crippen LogP contribution >= 0.6 is 0 Å². The summed E-state index contributed by atoms with van der Waals surface area (Å²) in [6, 6.07) is 12.0. The molecule has 0 aliphatic heterocycles. The predicted molar refractivity (Wildman–Crippen MR) is 87.5 cm³/mol. The highest BCUT2D eigenvalue weighted by Gasteiger charge is 2.16. The minimum atomic E-state index is -0.829. The topological polar surface area (TPSA) is 68.6 Å². The van der Waals surface area contributed by atoms with Crippen LogP contribution in [0.25, 0.3) is 0 Å². The van der Waals surface area contributed by atoms with Gasteiger partial charge in [-0.3, -0.25) is 0 Å². The number of halogens is 1. The molecule has 2 rings (SSSR count). The fourth-order valence-corrected chi connectivity index (χ4v) is 1.85. The van der Waals surface area contributed by atoms with Crippen LogP contribution in [0.15, 0.2) is 42.5 Å². The van der Waals surface area contributed by atoms with Crippen molar-refractivity contribution in [1.29, 1.82) is 5.26 Å². The van der Waals surface area contributed by atoms with E-state index in [1.54, 1.807) is 24.3 Å². The van der Waals surface area contributed by atoms with E-state index in [0.717, 1.165) is 6.07 Å². The number of ether oxygens (including phenoxy) is 3. The normalized spacial score (nSPS) is 10.9. The molecule has 0 aliphatic carbocycles. The van der Waals surface area contributed by atoms with Gasteiger partial charge in [-0.25, -0.2) is 9.18 Å². The van der Waals surface area contributed by atoms with Crippen LogP contribution in [0, 0.1) is 29.5 Å². The molecule has 0 radical (unpaired) electrons. The van der Waals surface area contributed by atoms with Gasteiger partial charge in [-0.15, -0.1) is 6.42 Å². The van der Waals surface area contributed by atoms with E-state index in [1.807, 2.05) is 6.07 Å². The summed E-state index contributed by atoms with van der Waals surface area (Å²) in [7, 11) is 0. The van der Waals surface area contributed by atoms with Crippen molar-refractivity contribution in [3.8, 4) is 35.7 Å². The standard InChI is InChI=1S/C19H14FNO4/c1-3-10-23-19(22)13(2)24-15-5-7-16(8-6-15)25-18-11-14(12-21)4-9-17(18)20/h1,4-9,11,13H,10H2,2H3/t13-/m1/s1. The molecule has 0 heterocycles. The summed E-state index contributed by atoms with van der Waals surface area (Å²) < 4.78 is 29.3. The molecule has 0 saturated carbocycles. The summed E-state index contributed by atoms with van der Waals surface area (Å²) in [5.74, 6) is 1.74. The summed E-state index contributed by atoms with van der Waals surface area (Å²) in [5.41, 5.74) is 0.288. The number of carbonyl (C=O) groups excluding carboxylic acids is 1. The van der Waals surface area contributed by atoms with E-state index in [1.165, 1.54) is 19.1 Å². The predicted octanol–water partition coefficient (Wildman–Crippen LogP) is 3.43. The minimum Gasteiger partial charge on any atom is -0.479 e. The number of esters is 1. The number of hydrogen-bond acceptors (Lipinski definition) is 5. The van der Waals surface area contributed by atoms with Crippen molar-refractivity contribution in [3.05, 3.63) is 53.8 Å². The van der Waals surface area contributed by atoms with Crippen molar-refractivity contribution in [2.75, 3.05) is 6.61 Å². The Morgan fingerprint density at radius 3 is 2.56 bits per heavy atom. The molecule has 0 aliphatic rings. The second kappa shape index (κ2) is 8.37. The summed E-state index contributed by atoms with van der Waals surface area (Å²) in [6.07, 6.45) is 4.18. The van der Waals surface area contributed by atoms with Crippen LogP contribution in [0.5, 0.6) is 17.2 Å². The van der Waals surface area contributed by atoms with Crippen LogP contribution < -0.4 is 9.47 Å². The Kier molecular flexibility index (Phi) is 5.97. The number of nitrogens with zero attached hydrogens (tertiary/aromatic N) is 1. The van der Waals surface area contributed by atoms with Crippen LogP contribution in [-0.2, 0) is 9.53 Å². The van der Waals surface area contributed by atoms with Crippen molar-refractivity contribution >= 4 is 5.97 Å². The fourth-order valence-electron chi connectivity index (χ4n) is 1.85. The van der Waals surface area contributed by atoms with E-state index in [0.29, 0.717) is 11.5 Å². The summed E-state index contributed by atoms with van der Waals surface area (Å²) >= 11 is 0. The van der Waals surface area contributed by atoms with Gasteiger partial charge >= 0.3 is 5.97 Å². The number of hydrogen-bond donors (Lipinski definition) is 0. The Morgan fingerprint density at radius 1 is 1.24 bits per heavy atom. The molecule has 0 N–H and O–H groups in total. The second-order valence-electron chi connectivity index (χ2n) is 4.90. The lowest BCUT2D eigenvalue weighted by molar-refractivity contribution is -0.149. The molecule has 6 heteroatoms. The lowest BCUT2D eigenvalue weighted by atomic mass is 10.2. The van der Waals surface area contributed by atoms with Crippen molar-refractivity contribution in [2.24, 2.45) is 0 Å². The number of benzene rings is 2. The zero-order chi connectivity index (χ0) is 18.2. The monoisotopic (exact) mass is 339 g/mol. The molecule has 0 bridgehead atoms. The van der Waals surface area contributed by atoms with E-state index in [9.17, 15) is 9.18 Å². The van der Waals surface area contributed by atoms with Gasteiger partial charge in [0.2, 0.25) is 0 Å². The number of carbonyl (C=O) groups is 1. The quantitative estimate of drug-likeness (QED) is 0.596. The van der Waals surface area contributed by atoms with E-state index >= 15 is 0 Å². The second-order valence-corrected chi connectivity index (χ2v) is 4.90. The van der Waals surface area contributed by atoms with Gasteiger partial charge in [0.15, 0.2) is 24.3 Å². The molecule has 0 aromatic heterocycles. The molecule has 5 nitrogen and oxygen atoms in total. The van der Waals surface area contributed by atoms with Gasteiger partial charge in [0, 0.05) is 6.07 Å². The van der Waals surface area contributed by atoms with E-state index < -0.39 is 17.9 Å². The maximum atomic E-state index is 13.7. The molecule has 126 valence electrons. The first-order chi connectivity index (χ1) is 12.0. The Morgan fingerprint density at radius 2 is 1.92 bits per heavy atom. The summed E-state index contributed by atoms with van der Waals surface area (Å²) in [5, 5.41) is 8.84. The van der Waals surface area contributed by atoms with Gasteiger partial charge in [-0.2, -0.15) is 5.26 Å². The zero-order valence-corrected chi connectivity index (χ0v) is 13.4. The van der Waals surface area contributed by atoms with Crippen molar-refractivity contribution in [3.63, 3.8) is 0 Å². The Balaban J connectivity index is 2.02. The third-order valence-corrected chi connectivity index (χ3v) is 3.05. The first-order valence-electron chi connectivity index (χ1n) is 7.28. The molecule has 0 fully saturated rings. The maximum absolute atomic E-state index is 13.7. The molecule has 0 saturated heterocycles. The lowest BCUT2D eigenvalue weighted by Gasteiger charge is -2.13. The minimum absolute atomic E-state index is 0.0565. The van der Waals surface area contributed by atoms with Crippen LogP contribution in [0.1, 0.15) is 12.5 Å². The number of terminal acetylenes is 1. The van der Waals surface area contributed by atoms with Crippen LogP contribution in [0.2, 0.25) is 0 Å². The van der Waals surface area contributed by atoms with Crippen LogP contribution in [0.3, 0.4) is 0 Å². The largest absolute Gasteiger partial charge is 0.479 e. The molecular formula is C19H14FNO4. The highest BCUT2D eigenvalue weighted by atomic mass is 19.1. The van der Waals surface area contributed by atoms with Crippen molar-refractivity contribution in [2.45, 2.75) is 13.0 Å². The molecule has 1 atom stereocenters. The molecular weight excluding hydrogens is 325 g/mol. The summed E-state index contributed by atoms with van der Waals surface area (Å²) in [6.45, 7) is 1.42. The fraction of sp³-hybridized carbons (Fsp3) is 0.158. The van der Waals surface area contributed by atoms with Gasteiger partial charge in [0.25, 0.3) is 0 Å². The van der Waals surface area contributed by atoms with Crippen LogP contribution in [0.4, 0.5) is 4.39 Å². The van der Waals surface area contributed by atoms with Crippen molar-refractivity contribution in [1.82, 2.24) is 0 Å². The first-order valence-corrected chi connectivity index (χ1v) is 7.28. The summed E-state index contributed by atoms with van der Waals surface area (Å²) in [4.78, 5) is 11.6. The van der Waals surface area contributed by atoms with Crippen LogP contribution in [-0.4, -0.2) is 18.7 Å². The van der Waals surface area contributed by atoms with Gasteiger partial charge in [-0.05, 0) is 43.3 Å². The van der Waals surface area contributed by atoms with Crippen molar-refractivity contribution < 1.29 is 23.4 Å².